The summed E-state index contributed by atoms with van der Waals surface area (Å²) in [5.41, 5.74) is 0.652. The molecule has 8 nitrogen and oxygen atoms in total. The van der Waals surface area contributed by atoms with Gasteiger partial charge in [0.2, 0.25) is 5.91 Å². The summed E-state index contributed by atoms with van der Waals surface area (Å²) >= 11 is 0. The lowest BCUT2D eigenvalue weighted by atomic mass is 10.1. The van der Waals surface area contributed by atoms with Crippen molar-refractivity contribution in [3.63, 3.8) is 0 Å². The molecule has 0 bridgehead atoms. The second-order valence-electron chi connectivity index (χ2n) is 6.74. The van der Waals surface area contributed by atoms with Crippen LogP contribution in [0.25, 0.3) is 0 Å². The van der Waals surface area contributed by atoms with Gasteiger partial charge in [0.25, 0.3) is 5.91 Å². The normalized spacial score (nSPS) is 24.1. The Balaban J connectivity index is 1.52. The molecule has 2 saturated heterocycles. The molecule has 27 heavy (non-hydrogen) atoms. The van der Waals surface area contributed by atoms with Gasteiger partial charge in [-0.1, -0.05) is 12.1 Å². The van der Waals surface area contributed by atoms with E-state index in [0.29, 0.717) is 18.4 Å². The molecule has 2 fully saturated rings. The zero-order valence-electron chi connectivity index (χ0n) is 14.5. The van der Waals surface area contributed by atoms with E-state index in [2.05, 4.69) is 10.6 Å². The van der Waals surface area contributed by atoms with Crippen LogP contribution in [-0.4, -0.2) is 61.3 Å². The molecule has 0 saturated carbocycles. The number of nitrogens with one attached hydrogen (secondary N) is 2. The Labute approximate surface area is 156 Å². The maximum atomic E-state index is 13.2. The molecule has 1 unspecified atom stereocenters. The van der Waals surface area contributed by atoms with Crippen molar-refractivity contribution < 1.29 is 27.2 Å². The third-order valence-electron chi connectivity index (χ3n) is 4.61. The van der Waals surface area contributed by atoms with E-state index in [9.17, 15) is 27.2 Å². The molecule has 4 amide bonds. The average Bonchev–Trinajstić information content (AvgIpc) is 3.04. The van der Waals surface area contributed by atoms with Crippen LogP contribution in [0.3, 0.4) is 0 Å². The van der Waals surface area contributed by atoms with Gasteiger partial charge < -0.3 is 10.6 Å². The maximum Gasteiger partial charge on any atom is 0.324 e. The Kier molecular flexibility index (Phi) is 5.45. The first-order chi connectivity index (χ1) is 12.7. The molecule has 0 aliphatic carbocycles. The zero-order chi connectivity index (χ0) is 19.6. The Morgan fingerprint density at radius 2 is 2.11 bits per heavy atom. The molecule has 2 heterocycles. The first kappa shape index (κ1) is 19.3. The number of nitrogens with zero attached hydrogens (tertiary/aromatic N) is 1. The fraction of sp³-hybridized carbons (Fsp3) is 0.471. The topological polar surface area (TPSA) is 113 Å². The van der Waals surface area contributed by atoms with Crippen LogP contribution in [-0.2, 0) is 25.8 Å². The number of hydrogen-bond donors (Lipinski definition) is 2. The molecule has 2 aliphatic rings. The lowest BCUT2D eigenvalue weighted by Crippen LogP contribution is -2.41. The number of hydrogen-bond acceptors (Lipinski definition) is 5. The summed E-state index contributed by atoms with van der Waals surface area (Å²) < 4.78 is 36.0. The number of benzene rings is 1. The van der Waals surface area contributed by atoms with Gasteiger partial charge in [0.1, 0.15) is 11.9 Å². The second kappa shape index (κ2) is 7.63. The number of imide groups is 1. The van der Waals surface area contributed by atoms with E-state index < -0.39 is 45.6 Å². The van der Waals surface area contributed by atoms with Crippen LogP contribution in [0.2, 0.25) is 0 Å². The van der Waals surface area contributed by atoms with Crippen molar-refractivity contribution in [2.24, 2.45) is 0 Å². The lowest BCUT2D eigenvalue weighted by Gasteiger charge is -2.14. The van der Waals surface area contributed by atoms with Gasteiger partial charge >= 0.3 is 6.03 Å². The molecule has 1 aromatic rings. The lowest BCUT2D eigenvalue weighted by molar-refractivity contribution is -0.131. The van der Waals surface area contributed by atoms with Crippen molar-refractivity contribution in [2.75, 3.05) is 18.1 Å². The summed E-state index contributed by atoms with van der Waals surface area (Å²) in [7, 11) is -3.12. The number of rotatable bonds is 6. The molecule has 1 aromatic carbocycles. The minimum atomic E-state index is -3.12. The zero-order valence-corrected chi connectivity index (χ0v) is 15.3. The Bertz CT molecular complexity index is 873. The second-order valence-corrected chi connectivity index (χ2v) is 8.97. The van der Waals surface area contributed by atoms with Crippen molar-refractivity contribution in [2.45, 2.75) is 31.3 Å². The Morgan fingerprint density at radius 3 is 2.78 bits per heavy atom. The molecule has 0 spiro atoms. The van der Waals surface area contributed by atoms with Gasteiger partial charge in [-0.25, -0.2) is 17.6 Å². The van der Waals surface area contributed by atoms with Crippen molar-refractivity contribution in [1.82, 2.24) is 15.5 Å². The van der Waals surface area contributed by atoms with Crippen LogP contribution in [0.5, 0.6) is 0 Å². The SMILES string of the molecule is O=C(C[C@@H]1NC(=O)N(CCc2cccc(F)c2)C1=O)NC1CCS(=O)(=O)C1. The van der Waals surface area contributed by atoms with E-state index >= 15 is 0 Å². The molecule has 0 aromatic heterocycles. The molecular formula is C17H20FN3O5S. The smallest absolute Gasteiger partial charge is 0.324 e. The average molecular weight is 397 g/mol. The van der Waals surface area contributed by atoms with E-state index in [1.54, 1.807) is 12.1 Å². The van der Waals surface area contributed by atoms with Gasteiger partial charge in [-0.3, -0.25) is 14.5 Å². The summed E-state index contributed by atoms with van der Waals surface area (Å²) in [6.07, 6.45) is 0.395. The van der Waals surface area contributed by atoms with Crippen molar-refractivity contribution >= 4 is 27.7 Å². The van der Waals surface area contributed by atoms with Crippen LogP contribution in [0, 0.1) is 5.82 Å². The van der Waals surface area contributed by atoms with Crippen molar-refractivity contribution in [3.8, 4) is 0 Å². The summed E-state index contributed by atoms with van der Waals surface area (Å²) in [5.74, 6) is -1.48. The Hall–Kier alpha value is -2.49. The molecule has 0 radical (unpaired) electrons. The van der Waals surface area contributed by atoms with E-state index in [0.717, 1.165) is 4.90 Å². The number of halogens is 1. The number of amides is 4. The highest BCUT2D eigenvalue weighted by Gasteiger charge is 2.39. The third-order valence-corrected chi connectivity index (χ3v) is 6.38. The summed E-state index contributed by atoms with van der Waals surface area (Å²) in [6, 6.07) is 3.84. The third kappa shape index (κ3) is 4.82. The number of urea groups is 1. The summed E-state index contributed by atoms with van der Waals surface area (Å²) in [5, 5.41) is 5.05. The van der Waals surface area contributed by atoms with E-state index in [4.69, 9.17) is 0 Å². The number of sulfone groups is 1. The fourth-order valence-corrected chi connectivity index (χ4v) is 4.91. The standard InChI is InChI=1S/C17H20FN3O5S/c18-12-3-1-2-11(8-12)4-6-21-16(23)14(20-17(21)24)9-15(22)19-13-5-7-27(25,26)10-13/h1-3,8,13-14H,4-7,9-10H2,(H,19,22)(H,20,24)/t13?,14-/m0/s1. The van der Waals surface area contributed by atoms with Crippen molar-refractivity contribution in [1.29, 1.82) is 0 Å². The number of carbonyl (C=O) groups excluding carboxylic acids is 3. The van der Waals surface area contributed by atoms with Gasteiger partial charge in [0.05, 0.1) is 17.9 Å². The van der Waals surface area contributed by atoms with E-state index in [1.807, 2.05) is 0 Å². The minimum absolute atomic E-state index is 0.0326. The van der Waals surface area contributed by atoms with Crippen LogP contribution in [0.15, 0.2) is 24.3 Å². The minimum Gasteiger partial charge on any atom is -0.352 e. The first-order valence-electron chi connectivity index (χ1n) is 8.59. The molecule has 2 aliphatic heterocycles. The van der Waals surface area contributed by atoms with Gasteiger partial charge in [0.15, 0.2) is 9.84 Å². The highest BCUT2D eigenvalue weighted by molar-refractivity contribution is 7.91. The molecule has 10 heteroatoms. The predicted molar refractivity (Wildman–Crippen MR) is 94.0 cm³/mol. The molecule has 2 atom stereocenters. The molecule has 146 valence electrons. The van der Waals surface area contributed by atoms with Crippen LogP contribution in [0.1, 0.15) is 18.4 Å². The number of carbonyl (C=O) groups is 3. The van der Waals surface area contributed by atoms with Crippen LogP contribution >= 0.6 is 0 Å². The van der Waals surface area contributed by atoms with Gasteiger partial charge in [-0.15, -0.1) is 0 Å². The van der Waals surface area contributed by atoms with Gasteiger partial charge in [-0.05, 0) is 30.5 Å². The largest absolute Gasteiger partial charge is 0.352 e. The highest BCUT2D eigenvalue weighted by atomic mass is 32.2. The molecular weight excluding hydrogens is 377 g/mol. The fourth-order valence-electron chi connectivity index (χ4n) is 3.24. The monoisotopic (exact) mass is 397 g/mol. The van der Waals surface area contributed by atoms with Gasteiger partial charge in [-0.2, -0.15) is 0 Å². The highest BCUT2D eigenvalue weighted by Crippen LogP contribution is 2.14. The van der Waals surface area contributed by atoms with E-state index in [-0.39, 0.29) is 24.5 Å². The van der Waals surface area contributed by atoms with Crippen molar-refractivity contribution in [3.05, 3.63) is 35.6 Å². The molecule has 3 rings (SSSR count). The first-order valence-corrected chi connectivity index (χ1v) is 10.4. The van der Waals surface area contributed by atoms with Crippen LogP contribution in [0.4, 0.5) is 9.18 Å². The van der Waals surface area contributed by atoms with E-state index in [1.165, 1.54) is 12.1 Å². The quantitative estimate of drug-likeness (QED) is 0.655. The predicted octanol–water partition coefficient (Wildman–Crippen LogP) is -0.0180. The van der Waals surface area contributed by atoms with Gasteiger partial charge in [0, 0.05) is 12.6 Å². The summed E-state index contributed by atoms with van der Waals surface area (Å²) in [4.78, 5) is 37.5. The maximum absolute atomic E-state index is 13.2. The van der Waals surface area contributed by atoms with Crippen LogP contribution < -0.4 is 10.6 Å². The Morgan fingerprint density at radius 1 is 1.33 bits per heavy atom. The summed E-state index contributed by atoms with van der Waals surface area (Å²) in [6.45, 7) is 0.0765. The molecule has 2 N–H and O–H groups in total.